The van der Waals surface area contributed by atoms with Gasteiger partial charge in [0.05, 0.1) is 12.0 Å². The summed E-state index contributed by atoms with van der Waals surface area (Å²) < 4.78 is 7.46. The van der Waals surface area contributed by atoms with Crippen LogP contribution in [0.3, 0.4) is 0 Å². The van der Waals surface area contributed by atoms with E-state index in [9.17, 15) is 4.79 Å². The van der Waals surface area contributed by atoms with Crippen molar-refractivity contribution in [1.82, 2.24) is 14.8 Å². The van der Waals surface area contributed by atoms with Crippen LogP contribution in [0, 0.1) is 0 Å². The van der Waals surface area contributed by atoms with Gasteiger partial charge in [-0.25, -0.2) is 0 Å². The van der Waals surface area contributed by atoms with Gasteiger partial charge in [-0.2, -0.15) is 0 Å². The molecule has 2 aromatic heterocycles. The highest BCUT2D eigenvalue weighted by atomic mass is 35.5. The number of nitrogens with zero attached hydrogens (tertiary/aromatic N) is 3. The zero-order valence-corrected chi connectivity index (χ0v) is 15.4. The Kier molecular flexibility index (Phi) is 5.94. The number of unbranched alkanes of at least 4 members (excludes halogenated alkanes) is 1. The molecule has 0 unspecified atom stereocenters. The van der Waals surface area contributed by atoms with Crippen molar-refractivity contribution in [3.8, 4) is 11.6 Å². The van der Waals surface area contributed by atoms with Gasteiger partial charge in [0, 0.05) is 17.1 Å². The lowest BCUT2D eigenvalue weighted by molar-refractivity contribution is 0.102. The first-order valence-electron chi connectivity index (χ1n) is 8.07. The molecular formula is C18H18ClN3O2S. The van der Waals surface area contributed by atoms with Gasteiger partial charge in [0.15, 0.2) is 22.5 Å². The first kappa shape index (κ1) is 17.8. The van der Waals surface area contributed by atoms with Crippen LogP contribution in [-0.2, 0) is 6.54 Å². The fourth-order valence-electron chi connectivity index (χ4n) is 2.35. The van der Waals surface area contributed by atoms with E-state index in [0.717, 1.165) is 24.5 Å². The van der Waals surface area contributed by atoms with Crippen molar-refractivity contribution in [1.29, 1.82) is 0 Å². The molecule has 130 valence electrons. The fourth-order valence-corrected chi connectivity index (χ4v) is 3.34. The number of halogens is 1. The number of carbonyl (C=O) groups excluding carboxylic acids is 1. The van der Waals surface area contributed by atoms with Gasteiger partial charge in [-0.3, -0.25) is 9.36 Å². The molecule has 0 bridgehead atoms. The van der Waals surface area contributed by atoms with Crippen molar-refractivity contribution in [3.63, 3.8) is 0 Å². The largest absolute Gasteiger partial charge is 0.461 e. The lowest BCUT2D eigenvalue weighted by Gasteiger charge is -2.08. The lowest BCUT2D eigenvalue weighted by atomic mass is 10.1. The predicted molar refractivity (Wildman–Crippen MR) is 99.1 cm³/mol. The minimum Gasteiger partial charge on any atom is -0.461 e. The number of ketones is 1. The molecule has 0 amide bonds. The monoisotopic (exact) mass is 375 g/mol. The Hall–Kier alpha value is -2.05. The van der Waals surface area contributed by atoms with Crippen molar-refractivity contribution in [2.45, 2.75) is 31.5 Å². The Morgan fingerprint density at radius 3 is 2.72 bits per heavy atom. The number of hydrogen-bond acceptors (Lipinski definition) is 5. The number of rotatable bonds is 8. The third kappa shape index (κ3) is 4.32. The molecule has 25 heavy (non-hydrogen) atoms. The van der Waals surface area contributed by atoms with Crippen LogP contribution < -0.4 is 0 Å². The average molecular weight is 376 g/mol. The van der Waals surface area contributed by atoms with Crippen LogP contribution in [-0.4, -0.2) is 26.3 Å². The van der Waals surface area contributed by atoms with Gasteiger partial charge < -0.3 is 4.42 Å². The lowest BCUT2D eigenvalue weighted by Crippen LogP contribution is -2.06. The first-order valence-corrected chi connectivity index (χ1v) is 9.44. The molecule has 0 fully saturated rings. The molecule has 0 radical (unpaired) electrons. The van der Waals surface area contributed by atoms with Crippen molar-refractivity contribution < 1.29 is 9.21 Å². The van der Waals surface area contributed by atoms with Crippen LogP contribution >= 0.6 is 23.4 Å². The molecule has 0 aliphatic heterocycles. The second kappa shape index (κ2) is 8.36. The minimum absolute atomic E-state index is 0.0336. The maximum absolute atomic E-state index is 12.4. The highest BCUT2D eigenvalue weighted by Crippen LogP contribution is 2.25. The van der Waals surface area contributed by atoms with Gasteiger partial charge in [0.1, 0.15) is 0 Å². The Morgan fingerprint density at radius 1 is 1.24 bits per heavy atom. The summed E-state index contributed by atoms with van der Waals surface area (Å²) in [5.74, 6) is 1.70. The van der Waals surface area contributed by atoms with Crippen molar-refractivity contribution >= 4 is 29.1 Å². The number of carbonyl (C=O) groups is 1. The molecule has 7 heteroatoms. The molecule has 0 aliphatic carbocycles. The van der Waals surface area contributed by atoms with Crippen LogP contribution in [0.15, 0.2) is 52.2 Å². The number of hydrogen-bond donors (Lipinski definition) is 0. The SMILES string of the molecule is CCCCn1c(SCC(=O)c2ccc(Cl)cc2)nnc1-c1ccco1. The zero-order valence-electron chi connectivity index (χ0n) is 13.8. The quantitative estimate of drug-likeness (QED) is 0.411. The molecule has 0 N–H and O–H groups in total. The molecule has 3 rings (SSSR count). The van der Waals surface area contributed by atoms with Crippen LogP contribution in [0.4, 0.5) is 0 Å². The Morgan fingerprint density at radius 2 is 2.04 bits per heavy atom. The van der Waals surface area contributed by atoms with Gasteiger partial charge in [-0.15, -0.1) is 10.2 Å². The predicted octanol–water partition coefficient (Wildman–Crippen LogP) is 4.97. The van der Waals surface area contributed by atoms with E-state index in [4.69, 9.17) is 16.0 Å². The third-order valence-electron chi connectivity index (χ3n) is 3.69. The molecule has 3 aromatic rings. The summed E-state index contributed by atoms with van der Waals surface area (Å²) in [7, 11) is 0. The highest BCUT2D eigenvalue weighted by Gasteiger charge is 2.17. The Bertz CT molecular complexity index is 829. The summed E-state index contributed by atoms with van der Waals surface area (Å²) >= 11 is 7.25. The summed E-state index contributed by atoms with van der Waals surface area (Å²) in [5.41, 5.74) is 0.641. The number of furan rings is 1. The van der Waals surface area contributed by atoms with Gasteiger partial charge in [-0.1, -0.05) is 36.7 Å². The summed E-state index contributed by atoms with van der Waals surface area (Å²) in [6.45, 7) is 2.92. The van der Waals surface area contributed by atoms with E-state index in [1.54, 1.807) is 30.5 Å². The second-order valence-electron chi connectivity index (χ2n) is 5.51. The summed E-state index contributed by atoms with van der Waals surface area (Å²) in [4.78, 5) is 12.4. The number of benzene rings is 1. The van der Waals surface area contributed by atoms with Crippen LogP contribution in [0.1, 0.15) is 30.1 Å². The topological polar surface area (TPSA) is 60.9 Å². The molecule has 0 atom stereocenters. The van der Waals surface area contributed by atoms with Crippen molar-refractivity contribution in [3.05, 3.63) is 53.2 Å². The molecule has 2 heterocycles. The molecule has 0 spiro atoms. The van der Waals surface area contributed by atoms with Crippen LogP contribution in [0.5, 0.6) is 0 Å². The third-order valence-corrected chi connectivity index (χ3v) is 4.91. The Balaban J connectivity index is 1.75. The highest BCUT2D eigenvalue weighted by molar-refractivity contribution is 7.99. The van der Waals surface area contributed by atoms with Crippen molar-refractivity contribution in [2.75, 3.05) is 5.75 Å². The van der Waals surface area contributed by atoms with E-state index in [1.165, 1.54) is 11.8 Å². The number of Topliss-reactive ketones (excluding diaryl/α,β-unsaturated/α-hetero) is 1. The molecule has 0 aliphatic rings. The number of aromatic nitrogens is 3. The maximum Gasteiger partial charge on any atom is 0.200 e. The van der Waals surface area contributed by atoms with E-state index < -0.39 is 0 Å². The molecule has 5 nitrogen and oxygen atoms in total. The molecular weight excluding hydrogens is 358 g/mol. The second-order valence-corrected chi connectivity index (χ2v) is 6.89. The summed E-state index contributed by atoms with van der Waals surface area (Å²) in [6, 6.07) is 10.6. The summed E-state index contributed by atoms with van der Waals surface area (Å²) in [6.07, 6.45) is 3.68. The van der Waals surface area contributed by atoms with E-state index in [2.05, 4.69) is 17.1 Å². The minimum atomic E-state index is 0.0336. The zero-order chi connectivity index (χ0) is 17.6. The smallest absolute Gasteiger partial charge is 0.200 e. The van der Waals surface area contributed by atoms with Crippen molar-refractivity contribution in [2.24, 2.45) is 0 Å². The standard InChI is InChI=1S/C18H18ClN3O2S/c1-2-3-10-22-17(16-5-4-11-24-16)20-21-18(22)25-12-15(23)13-6-8-14(19)9-7-13/h4-9,11H,2-3,10,12H2,1H3. The van der Waals surface area contributed by atoms with Crippen LogP contribution in [0.25, 0.3) is 11.6 Å². The number of thioether (sulfide) groups is 1. The average Bonchev–Trinajstić information content (AvgIpc) is 3.27. The fraction of sp³-hybridized carbons (Fsp3) is 0.278. The van der Waals surface area contributed by atoms with Gasteiger partial charge in [0.25, 0.3) is 0 Å². The van der Waals surface area contributed by atoms with Gasteiger partial charge in [-0.05, 0) is 42.8 Å². The van der Waals surface area contributed by atoms with E-state index in [1.807, 2.05) is 16.7 Å². The molecule has 0 saturated heterocycles. The normalized spacial score (nSPS) is 11.0. The molecule has 0 saturated carbocycles. The summed E-state index contributed by atoms with van der Waals surface area (Å²) in [5, 5.41) is 9.83. The first-order chi connectivity index (χ1) is 12.2. The molecule has 1 aromatic carbocycles. The Labute approximate surface area is 155 Å². The van der Waals surface area contributed by atoms with E-state index in [-0.39, 0.29) is 5.78 Å². The van der Waals surface area contributed by atoms with Crippen LogP contribution in [0.2, 0.25) is 5.02 Å². The van der Waals surface area contributed by atoms with E-state index in [0.29, 0.717) is 27.9 Å². The van der Waals surface area contributed by atoms with E-state index >= 15 is 0 Å². The maximum atomic E-state index is 12.4. The van der Waals surface area contributed by atoms with Gasteiger partial charge >= 0.3 is 0 Å². The van der Waals surface area contributed by atoms with Gasteiger partial charge in [0.2, 0.25) is 0 Å².